The number of aryl methyl sites for hydroxylation is 1. The Kier molecular flexibility index (Phi) is 4.17. The van der Waals surface area contributed by atoms with Gasteiger partial charge in [0.2, 0.25) is 0 Å². The van der Waals surface area contributed by atoms with Gasteiger partial charge in [0.05, 0.1) is 0 Å². The summed E-state index contributed by atoms with van der Waals surface area (Å²) < 4.78 is 0. The van der Waals surface area contributed by atoms with Gasteiger partial charge in [-0.05, 0) is 67.4 Å². The third-order valence-corrected chi connectivity index (χ3v) is 4.31. The van der Waals surface area contributed by atoms with Gasteiger partial charge in [-0.25, -0.2) is 0 Å². The lowest BCUT2D eigenvalue weighted by molar-refractivity contribution is 0.376. The zero-order valence-corrected chi connectivity index (χ0v) is 12.2. The van der Waals surface area contributed by atoms with E-state index in [1.807, 2.05) is 0 Å². The maximum absolute atomic E-state index is 3.51. The van der Waals surface area contributed by atoms with Crippen LogP contribution in [-0.2, 0) is 6.42 Å². The first kappa shape index (κ1) is 13.4. The van der Waals surface area contributed by atoms with E-state index in [1.165, 1.54) is 54.6 Å². The zero-order chi connectivity index (χ0) is 13.8. The first-order valence-electron chi connectivity index (χ1n) is 7.68. The summed E-state index contributed by atoms with van der Waals surface area (Å²) in [5, 5.41) is 3.51. The molecule has 0 aromatic heterocycles. The monoisotopic (exact) mass is 265 g/mol. The van der Waals surface area contributed by atoms with Crippen molar-refractivity contribution in [2.75, 3.05) is 13.1 Å². The fourth-order valence-corrected chi connectivity index (χ4v) is 3.16. The van der Waals surface area contributed by atoms with E-state index in [1.54, 1.807) is 0 Å². The lowest BCUT2D eigenvalue weighted by atomic mass is 9.90. The number of piperidine rings is 1. The van der Waals surface area contributed by atoms with E-state index in [4.69, 9.17) is 0 Å². The molecule has 1 atom stereocenters. The van der Waals surface area contributed by atoms with Crippen LogP contribution in [0.15, 0.2) is 48.5 Å². The Hall–Kier alpha value is -1.60. The maximum atomic E-state index is 3.51. The largest absolute Gasteiger partial charge is 0.316 e. The average molecular weight is 265 g/mol. The minimum Gasteiger partial charge on any atom is -0.316 e. The van der Waals surface area contributed by atoms with Crippen LogP contribution in [0.3, 0.4) is 0 Å². The second-order valence-electron chi connectivity index (χ2n) is 5.93. The lowest BCUT2D eigenvalue weighted by Gasteiger charge is -2.23. The Balaban J connectivity index is 1.83. The molecule has 0 spiro atoms. The summed E-state index contributed by atoms with van der Waals surface area (Å²) in [5.41, 5.74) is 5.55. The highest BCUT2D eigenvalue weighted by Crippen LogP contribution is 2.26. The van der Waals surface area contributed by atoms with E-state index in [0.29, 0.717) is 0 Å². The molecular weight excluding hydrogens is 242 g/mol. The van der Waals surface area contributed by atoms with Crippen LogP contribution in [0.2, 0.25) is 0 Å². The minimum atomic E-state index is 0.801. The molecule has 0 bridgehead atoms. The molecule has 3 rings (SSSR count). The van der Waals surface area contributed by atoms with E-state index in [0.717, 1.165) is 5.92 Å². The molecule has 104 valence electrons. The van der Waals surface area contributed by atoms with E-state index in [9.17, 15) is 0 Å². The molecule has 0 aliphatic carbocycles. The predicted octanol–water partition coefficient (Wildman–Crippen LogP) is 4.20. The normalized spacial score (nSPS) is 18.9. The van der Waals surface area contributed by atoms with E-state index in [2.05, 4.69) is 60.8 Å². The van der Waals surface area contributed by atoms with Gasteiger partial charge in [-0.3, -0.25) is 0 Å². The van der Waals surface area contributed by atoms with Crippen LogP contribution in [0.5, 0.6) is 0 Å². The highest BCUT2D eigenvalue weighted by atomic mass is 14.9. The van der Waals surface area contributed by atoms with Crippen LogP contribution >= 0.6 is 0 Å². The van der Waals surface area contributed by atoms with Crippen LogP contribution in [0.4, 0.5) is 0 Å². The van der Waals surface area contributed by atoms with Crippen molar-refractivity contribution in [1.29, 1.82) is 0 Å². The number of nitrogens with one attached hydrogen (secondary N) is 1. The van der Waals surface area contributed by atoms with Crippen LogP contribution < -0.4 is 5.32 Å². The highest BCUT2D eigenvalue weighted by molar-refractivity contribution is 5.67. The standard InChI is InChI=1S/C19H23N/c1-15-9-10-16(12-17-6-5-11-20-14-17)13-19(15)18-7-3-2-4-8-18/h2-4,7-10,13,17,20H,5-6,11-12,14H2,1H3. The molecule has 1 aliphatic heterocycles. The Morgan fingerprint density at radius 2 is 1.95 bits per heavy atom. The van der Waals surface area contributed by atoms with Crippen molar-refractivity contribution in [1.82, 2.24) is 5.32 Å². The molecule has 0 saturated carbocycles. The molecule has 1 saturated heterocycles. The second kappa shape index (κ2) is 6.23. The molecule has 1 aliphatic rings. The van der Waals surface area contributed by atoms with E-state index in [-0.39, 0.29) is 0 Å². The molecule has 0 radical (unpaired) electrons. The molecule has 1 fully saturated rings. The third kappa shape index (κ3) is 3.10. The van der Waals surface area contributed by atoms with Gasteiger partial charge in [0, 0.05) is 0 Å². The van der Waals surface area contributed by atoms with Crippen molar-refractivity contribution in [2.45, 2.75) is 26.2 Å². The Morgan fingerprint density at radius 1 is 1.10 bits per heavy atom. The van der Waals surface area contributed by atoms with Crippen LogP contribution in [0, 0.1) is 12.8 Å². The molecule has 1 heterocycles. The van der Waals surface area contributed by atoms with Gasteiger partial charge in [0.25, 0.3) is 0 Å². The fraction of sp³-hybridized carbons (Fsp3) is 0.368. The summed E-state index contributed by atoms with van der Waals surface area (Å²) in [6.45, 7) is 4.57. The van der Waals surface area contributed by atoms with Gasteiger partial charge in [-0.15, -0.1) is 0 Å². The fourth-order valence-electron chi connectivity index (χ4n) is 3.16. The summed E-state index contributed by atoms with van der Waals surface area (Å²) in [6, 6.07) is 17.7. The highest BCUT2D eigenvalue weighted by Gasteiger charge is 2.14. The van der Waals surface area contributed by atoms with Gasteiger partial charge < -0.3 is 5.32 Å². The molecule has 1 N–H and O–H groups in total. The van der Waals surface area contributed by atoms with Gasteiger partial charge in [0.1, 0.15) is 0 Å². The minimum absolute atomic E-state index is 0.801. The SMILES string of the molecule is Cc1ccc(CC2CCCNC2)cc1-c1ccccc1. The maximum Gasteiger partial charge on any atom is -0.00173 e. The number of hydrogen-bond donors (Lipinski definition) is 1. The van der Waals surface area contributed by atoms with Crippen molar-refractivity contribution in [3.8, 4) is 11.1 Å². The molecule has 20 heavy (non-hydrogen) atoms. The van der Waals surface area contributed by atoms with Gasteiger partial charge in [-0.2, -0.15) is 0 Å². The molecule has 1 unspecified atom stereocenters. The first-order valence-corrected chi connectivity index (χ1v) is 7.68. The summed E-state index contributed by atoms with van der Waals surface area (Å²) in [5.74, 6) is 0.801. The Bertz CT molecular complexity index is 553. The van der Waals surface area contributed by atoms with Crippen molar-refractivity contribution in [2.24, 2.45) is 5.92 Å². The molecule has 2 aromatic carbocycles. The molecule has 2 aromatic rings. The summed E-state index contributed by atoms with van der Waals surface area (Å²) in [7, 11) is 0. The number of benzene rings is 2. The molecule has 1 nitrogen and oxygen atoms in total. The van der Waals surface area contributed by atoms with E-state index < -0.39 is 0 Å². The van der Waals surface area contributed by atoms with Crippen LogP contribution in [0.25, 0.3) is 11.1 Å². The van der Waals surface area contributed by atoms with E-state index >= 15 is 0 Å². The van der Waals surface area contributed by atoms with Crippen molar-refractivity contribution in [3.63, 3.8) is 0 Å². The smallest absolute Gasteiger partial charge is 0.00173 e. The Labute approximate surface area is 122 Å². The van der Waals surface area contributed by atoms with Crippen molar-refractivity contribution < 1.29 is 0 Å². The van der Waals surface area contributed by atoms with Crippen LogP contribution in [0.1, 0.15) is 24.0 Å². The summed E-state index contributed by atoms with van der Waals surface area (Å²) in [4.78, 5) is 0. The molecular formula is C19H23N. The average Bonchev–Trinajstić information content (AvgIpc) is 2.51. The second-order valence-corrected chi connectivity index (χ2v) is 5.93. The molecule has 0 amide bonds. The predicted molar refractivity (Wildman–Crippen MR) is 85.9 cm³/mol. The van der Waals surface area contributed by atoms with Gasteiger partial charge in [0.15, 0.2) is 0 Å². The topological polar surface area (TPSA) is 12.0 Å². The third-order valence-electron chi connectivity index (χ3n) is 4.31. The summed E-state index contributed by atoms with van der Waals surface area (Å²) >= 11 is 0. The Morgan fingerprint density at radius 3 is 2.70 bits per heavy atom. The quantitative estimate of drug-likeness (QED) is 0.877. The zero-order valence-electron chi connectivity index (χ0n) is 12.2. The van der Waals surface area contributed by atoms with Gasteiger partial charge in [-0.1, -0.05) is 48.5 Å². The van der Waals surface area contributed by atoms with Crippen LogP contribution in [-0.4, -0.2) is 13.1 Å². The molecule has 1 heteroatoms. The number of rotatable bonds is 3. The van der Waals surface area contributed by atoms with Crippen molar-refractivity contribution >= 4 is 0 Å². The van der Waals surface area contributed by atoms with Crippen molar-refractivity contribution in [3.05, 3.63) is 59.7 Å². The summed E-state index contributed by atoms with van der Waals surface area (Å²) in [6.07, 6.45) is 3.89. The van der Waals surface area contributed by atoms with Gasteiger partial charge >= 0.3 is 0 Å². The number of hydrogen-bond acceptors (Lipinski definition) is 1. The lowest BCUT2D eigenvalue weighted by Crippen LogP contribution is -2.30. The first-order chi connectivity index (χ1) is 9.83.